The molecule has 0 saturated heterocycles. The maximum Gasteiger partial charge on any atom is 0.416 e. The zero-order chi connectivity index (χ0) is 28.0. The van der Waals surface area contributed by atoms with E-state index >= 15 is 0 Å². The molecule has 0 aliphatic rings. The minimum Gasteiger partial charge on any atom is -0.379 e. The van der Waals surface area contributed by atoms with Crippen LogP contribution in [0, 0.1) is 11.8 Å². The van der Waals surface area contributed by atoms with Crippen molar-refractivity contribution in [2.45, 2.75) is 65.6 Å². The minimum absolute atomic E-state index is 0.0204. The van der Waals surface area contributed by atoms with Crippen LogP contribution in [0.15, 0.2) is 47.4 Å². The Hall–Kier alpha value is -2.75. The molecule has 0 fully saturated rings. The van der Waals surface area contributed by atoms with Crippen LogP contribution >= 0.6 is 0 Å². The van der Waals surface area contributed by atoms with Crippen LogP contribution in [-0.2, 0) is 27.6 Å². The molecule has 37 heavy (non-hydrogen) atoms. The summed E-state index contributed by atoms with van der Waals surface area (Å²) in [6.45, 7) is 13.6. The van der Waals surface area contributed by atoms with Gasteiger partial charge >= 0.3 is 16.3 Å². The molecule has 6 nitrogen and oxygen atoms in total. The Kier molecular flexibility index (Phi) is 10.4. The van der Waals surface area contributed by atoms with Crippen LogP contribution in [0.3, 0.4) is 0 Å². The van der Waals surface area contributed by atoms with Gasteiger partial charge in [0.1, 0.15) is 10.6 Å². The monoisotopic (exact) mass is 542 g/mol. The van der Waals surface area contributed by atoms with E-state index in [2.05, 4.69) is 0 Å². The topological polar surface area (TPSA) is 66.9 Å². The summed E-state index contributed by atoms with van der Waals surface area (Å²) < 4.78 is 71.3. The number of rotatable bonds is 12. The Morgan fingerprint density at radius 1 is 0.973 bits per heavy atom. The van der Waals surface area contributed by atoms with E-state index in [1.54, 1.807) is 17.0 Å². The van der Waals surface area contributed by atoms with E-state index < -0.39 is 26.8 Å². The Bertz CT molecular complexity index is 1160. The lowest BCUT2D eigenvalue weighted by Gasteiger charge is -2.27. The normalized spacial score (nSPS) is 12.2. The largest absolute Gasteiger partial charge is 0.416 e. The molecule has 206 valence electrons. The molecule has 0 N–H and O–H groups in total. The Morgan fingerprint density at radius 3 is 2.16 bits per heavy atom. The molecule has 1 amide bonds. The zero-order valence-electron chi connectivity index (χ0n) is 22.3. The molecule has 0 aromatic heterocycles. The highest BCUT2D eigenvalue weighted by Crippen LogP contribution is 2.33. The van der Waals surface area contributed by atoms with Gasteiger partial charge in [0.05, 0.1) is 5.56 Å². The van der Waals surface area contributed by atoms with E-state index in [1.807, 2.05) is 52.5 Å². The maximum absolute atomic E-state index is 13.2. The smallest absolute Gasteiger partial charge is 0.379 e. The summed E-state index contributed by atoms with van der Waals surface area (Å²) in [5.41, 5.74) is 0.0628. The van der Waals surface area contributed by atoms with Gasteiger partial charge in [-0.3, -0.25) is 4.79 Å². The first-order valence-electron chi connectivity index (χ1n) is 12.4. The molecule has 10 heteroatoms. The van der Waals surface area contributed by atoms with Crippen LogP contribution in [0.5, 0.6) is 5.75 Å². The van der Waals surface area contributed by atoms with Gasteiger partial charge in [-0.2, -0.15) is 21.6 Å². The van der Waals surface area contributed by atoms with E-state index in [4.69, 9.17) is 4.18 Å². The van der Waals surface area contributed by atoms with E-state index in [1.165, 1.54) is 0 Å². The van der Waals surface area contributed by atoms with Gasteiger partial charge in [0.2, 0.25) is 5.91 Å². The number of anilines is 1. The first-order chi connectivity index (χ1) is 17.2. The molecule has 0 spiro atoms. The molecule has 0 bridgehead atoms. The van der Waals surface area contributed by atoms with Crippen molar-refractivity contribution in [1.82, 2.24) is 4.90 Å². The van der Waals surface area contributed by atoms with E-state index in [-0.39, 0.29) is 30.0 Å². The van der Waals surface area contributed by atoms with E-state index in [0.717, 1.165) is 18.2 Å². The lowest BCUT2D eigenvalue weighted by Crippen LogP contribution is -2.34. The fraction of sp³-hybridized carbons (Fsp3) is 0.519. The SMILES string of the molecule is CCN(CC)c1ccc(CN(CC(C)C)C(=O)CC(C)C)c(OS(=O)(=O)c2cccc(C(F)(F)F)c2)c1. The van der Waals surface area contributed by atoms with Gasteiger partial charge in [-0.15, -0.1) is 0 Å². The number of carbonyl (C=O) groups excluding carboxylic acids is 1. The second-order valence-electron chi connectivity index (χ2n) is 9.79. The Morgan fingerprint density at radius 2 is 1.62 bits per heavy atom. The van der Waals surface area contributed by atoms with Gasteiger partial charge in [-0.25, -0.2) is 0 Å². The number of amides is 1. The third-order valence-corrected chi connectivity index (χ3v) is 6.94. The fourth-order valence-electron chi connectivity index (χ4n) is 3.91. The lowest BCUT2D eigenvalue weighted by molar-refractivity contribution is -0.137. The third-order valence-electron chi connectivity index (χ3n) is 5.71. The minimum atomic E-state index is -4.70. The Balaban J connectivity index is 2.55. The summed E-state index contributed by atoms with van der Waals surface area (Å²) in [7, 11) is -4.59. The first kappa shape index (κ1) is 30.5. The molecule has 2 rings (SSSR count). The van der Waals surface area contributed by atoms with Crippen molar-refractivity contribution in [3.63, 3.8) is 0 Å². The average Bonchev–Trinajstić information content (AvgIpc) is 2.79. The predicted molar refractivity (Wildman–Crippen MR) is 139 cm³/mol. The summed E-state index contributed by atoms with van der Waals surface area (Å²) in [5.74, 6) is 0.226. The van der Waals surface area contributed by atoms with Crippen LogP contribution in [0.1, 0.15) is 59.1 Å². The molecule has 2 aromatic carbocycles. The first-order valence-corrected chi connectivity index (χ1v) is 13.9. The van der Waals surface area contributed by atoms with Crippen molar-refractivity contribution in [2.75, 3.05) is 24.5 Å². The highest BCUT2D eigenvalue weighted by Gasteiger charge is 2.32. The number of hydrogen-bond donors (Lipinski definition) is 0. The number of alkyl halides is 3. The summed E-state index contributed by atoms with van der Waals surface area (Å²) in [6, 6.07) is 8.55. The standard InChI is InChI=1S/C27H37F3N2O4S/c1-7-31(8-2)23-13-12-21(18-32(17-20(5)6)26(33)14-19(3)4)25(16-23)36-37(34,35)24-11-9-10-22(15-24)27(28,29)30/h9-13,15-16,19-20H,7-8,14,17-18H2,1-6H3. The van der Waals surface area contributed by atoms with Gasteiger partial charge in [-0.1, -0.05) is 39.8 Å². The van der Waals surface area contributed by atoms with Crippen molar-refractivity contribution >= 4 is 21.7 Å². The molecule has 0 aliphatic heterocycles. The summed E-state index contributed by atoms with van der Waals surface area (Å²) in [6.07, 6.45) is -4.36. The highest BCUT2D eigenvalue weighted by atomic mass is 32.2. The molecule has 0 radical (unpaired) electrons. The molecular formula is C27H37F3N2O4S. The summed E-state index contributed by atoms with van der Waals surface area (Å²) >= 11 is 0. The van der Waals surface area contributed by atoms with Gasteiger partial charge in [0, 0.05) is 49.9 Å². The van der Waals surface area contributed by atoms with Crippen LogP contribution in [0.25, 0.3) is 0 Å². The molecule has 0 heterocycles. The average molecular weight is 543 g/mol. The molecule has 0 atom stereocenters. The van der Waals surface area contributed by atoms with Crippen molar-refractivity contribution in [3.8, 4) is 5.75 Å². The number of nitrogens with zero attached hydrogens (tertiary/aromatic N) is 2. The van der Waals surface area contributed by atoms with Crippen LogP contribution < -0.4 is 9.08 Å². The predicted octanol–water partition coefficient (Wildman–Crippen LogP) is 6.35. The highest BCUT2D eigenvalue weighted by molar-refractivity contribution is 7.87. The summed E-state index contributed by atoms with van der Waals surface area (Å²) in [4.78, 5) is 16.0. The van der Waals surface area contributed by atoms with Crippen molar-refractivity contribution < 1.29 is 30.6 Å². The van der Waals surface area contributed by atoms with Crippen LogP contribution in [0.2, 0.25) is 0 Å². The number of carbonyl (C=O) groups is 1. The molecule has 0 saturated carbocycles. The van der Waals surface area contributed by atoms with Crippen molar-refractivity contribution in [1.29, 1.82) is 0 Å². The molecular weight excluding hydrogens is 505 g/mol. The van der Waals surface area contributed by atoms with E-state index in [0.29, 0.717) is 43.4 Å². The second-order valence-corrected chi connectivity index (χ2v) is 11.3. The van der Waals surface area contributed by atoms with Gasteiger partial charge in [0.15, 0.2) is 0 Å². The van der Waals surface area contributed by atoms with E-state index in [9.17, 15) is 26.4 Å². The molecule has 2 aromatic rings. The number of hydrogen-bond acceptors (Lipinski definition) is 5. The third kappa shape index (κ3) is 8.66. The Labute approximate surface area is 218 Å². The van der Waals surface area contributed by atoms with Gasteiger partial charge in [0.25, 0.3) is 0 Å². The van der Waals surface area contributed by atoms with Crippen LogP contribution in [-0.4, -0.2) is 38.9 Å². The molecule has 0 aliphatic carbocycles. The molecule has 0 unspecified atom stereocenters. The number of benzene rings is 2. The zero-order valence-corrected chi connectivity index (χ0v) is 23.1. The van der Waals surface area contributed by atoms with Gasteiger partial charge < -0.3 is 14.0 Å². The second kappa shape index (κ2) is 12.7. The quantitative estimate of drug-likeness (QED) is 0.293. The number of halogens is 3. The van der Waals surface area contributed by atoms with Crippen molar-refractivity contribution in [3.05, 3.63) is 53.6 Å². The van der Waals surface area contributed by atoms with Crippen molar-refractivity contribution in [2.24, 2.45) is 11.8 Å². The lowest BCUT2D eigenvalue weighted by atomic mass is 10.1. The summed E-state index contributed by atoms with van der Waals surface area (Å²) in [5, 5.41) is 0. The fourth-order valence-corrected chi connectivity index (χ4v) is 4.91. The maximum atomic E-state index is 13.2. The van der Waals surface area contributed by atoms with Gasteiger partial charge in [-0.05, 0) is 49.9 Å². The van der Waals surface area contributed by atoms with Crippen LogP contribution in [0.4, 0.5) is 18.9 Å².